The van der Waals surface area contributed by atoms with Crippen LogP contribution in [-0.4, -0.2) is 47.7 Å². The summed E-state index contributed by atoms with van der Waals surface area (Å²) in [5, 5.41) is 12.1. The number of carbonyl (C=O) groups is 1. The second-order valence-electron chi connectivity index (χ2n) is 6.03. The topological polar surface area (TPSA) is 52.6 Å². The largest absolute Gasteiger partial charge is 0.480 e. The molecular formula is C14H28N2O2. The van der Waals surface area contributed by atoms with E-state index in [1.807, 2.05) is 0 Å². The molecule has 106 valence electrons. The van der Waals surface area contributed by atoms with Crippen LogP contribution in [0.4, 0.5) is 0 Å². The number of nitrogens with one attached hydrogen (secondary N) is 1. The van der Waals surface area contributed by atoms with Crippen molar-refractivity contribution < 1.29 is 9.90 Å². The molecular weight excluding hydrogens is 228 g/mol. The van der Waals surface area contributed by atoms with Crippen LogP contribution in [0.1, 0.15) is 46.5 Å². The third kappa shape index (κ3) is 3.95. The minimum atomic E-state index is -0.774. The minimum Gasteiger partial charge on any atom is -0.480 e. The Labute approximate surface area is 111 Å². The Kier molecular flexibility index (Phi) is 5.60. The fourth-order valence-electron chi connectivity index (χ4n) is 2.83. The molecule has 3 atom stereocenters. The summed E-state index contributed by atoms with van der Waals surface area (Å²) >= 11 is 0. The van der Waals surface area contributed by atoms with Crippen LogP contribution >= 0.6 is 0 Å². The molecule has 0 saturated carbocycles. The predicted octanol–water partition coefficient (Wildman–Crippen LogP) is 1.95. The highest BCUT2D eigenvalue weighted by atomic mass is 16.4. The van der Waals surface area contributed by atoms with Crippen LogP contribution in [0, 0.1) is 5.92 Å². The zero-order valence-electron chi connectivity index (χ0n) is 12.2. The van der Waals surface area contributed by atoms with Crippen LogP contribution in [0.5, 0.6) is 0 Å². The normalized spacial score (nSPS) is 28.2. The average molecular weight is 256 g/mol. The molecule has 0 amide bonds. The van der Waals surface area contributed by atoms with Crippen LogP contribution in [0.3, 0.4) is 0 Å². The first-order chi connectivity index (χ1) is 8.39. The van der Waals surface area contributed by atoms with Gasteiger partial charge in [-0.3, -0.25) is 4.79 Å². The van der Waals surface area contributed by atoms with Crippen molar-refractivity contribution in [1.82, 2.24) is 10.2 Å². The highest BCUT2D eigenvalue weighted by Crippen LogP contribution is 2.23. The first-order valence-electron chi connectivity index (χ1n) is 7.05. The van der Waals surface area contributed by atoms with Crippen LogP contribution in [0.15, 0.2) is 0 Å². The summed E-state index contributed by atoms with van der Waals surface area (Å²) in [6.07, 6.45) is 4.03. The van der Waals surface area contributed by atoms with Gasteiger partial charge in [-0.25, -0.2) is 0 Å². The van der Waals surface area contributed by atoms with Gasteiger partial charge in [-0.05, 0) is 59.0 Å². The first kappa shape index (κ1) is 15.4. The third-order valence-corrected chi connectivity index (χ3v) is 4.31. The van der Waals surface area contributed by atoms with E-state index in [2.05, 4.69) is 24.1 Å². The Morgan fingerprint density at radius 2 is 2.11 bits per heavy atom. The van der Waals surface area contributed by atoms with E-state index in [1.165, 1.54) is 13.0 Å². The highest BCUT2D eigenvalue weighted by molar-refractivity contribution is 5.78. The Morgan fingerprint density at radius 3 is 2.56 bits per heavy atom. The van der Waals surface area contributed by atoms with Crippen molar-refractivity contribution in [1.29, 1.82) is 0 Å². The van der Waals surface area contributed by atoms with Gasteiger partial charge in [0.25, 0.3) is 0 Å². The Morgan fingerprint density at radius 1 is 1.44 bits per heavy atom. The fourth-order valence-corrected chi connectivity index (χ4v) is 2.83. The summed E-state index contributed by atoms with van der Waals surface area (Å²) in [4.78, 5) is 13.7. The van der Waals surface area contributed by atoms with Crippen molar-refractivity contribution in [3.63, 3.8) is 0 Å². The van der Waals surface area contributed by atoms with E-state index in [1.54, 1.807) is 14.0 Å². The number of carboxylic acid groups (broad SMARTS) is 1. The number of hydrogen-bond acceptors (Lipinski definition) is 3. The highest BCUT2D eigenvalue weighted by Gasteiger charge is 2.30. The number of unbranched alkanes of at least 4 members (excludes halogenated alkanes) is 1. The molecule has 1 saturated heterocycles. The van der Waals surface area contributed by atoms with E-state index in [0.29, 0.717) is 12.5 Å². The third-order valence-electron chi connectivity index (χ3n) is 4.31. The zero-order valence-corrected chi connectivity index (χ0v) is 12.2. The predicted molar refractivity (Wildman–Crippen MR) is 73.8 cm³/mol. The maximum atomic E-state index is 11.1. The zero-order chi connectivity index (χ0) is 13.8. The monoisotopic (exact) mass is 256 g/mol. The van der Waals surface area contributed by atoms with Crippen molar-refractivity contribution in [2.75, 3.05) is 20.1 Å². The summed E-state index contributed by atoms with van der Waals surface area (Å²) < 4.78 is 0. The number of rotatable bonds is 7. The van der Waals surface area contributed by atoms with Crippen LogP contribution < -0.4 is 5.32 Å². The van der Waals surface area contributed by atoms with Gasteiger partial charge >= 0.3 is 5.97 Å². The van der Waals surface area contributed by atoms with Gasteiger partial charge in [-0.2, -0.15) is 0 Å². The number of aliphatic carboxylic acids is 1. The molecule has 1 aliphatic heterocycles. The van der Waals surface area contributed by atoms with Crippen LogP contribution in [-0.2, 0) is 4.79 Å². The maximum Gasteiger partial charge on any atom is 0.323 e. The smallest absolute Gasteiger partial charge is 0.323 e. The Hall–Kier alpha value is -0.610. The number of nitrogens with zero attached hydrogens (tertiary/aromatic N) is 1. The quantitative estimate of drug-likeness (QED) is 0.684. The molecule has 3 unspecified atom stereocenters. The van der Waals surface area contributed by atoms with E-state index in [9.17, 15) is 4.79 Å². The van der Waals surface area contributed by atoms with Crippen LogP contribution in [0.25, 0.3) is 0 Å². The Bertz CT molecular complexity index is 283. The lowest BCUT2D eigenvalue weighted by Crippen LogP contribution is -2.47. The lowest BCUT2D eigenvalue weighted by Gasteiger charge is -2.25. The second-order valence-corrected chi connectivity index (χ2v) is 6.03. The maximum absolute atomic E-state index is 11.1. The van der Waals surface area contributed by atoms with Gasteiger partial charge in [0.1, 0.15) is 5.54 Å². The molecule has 4 nitrogen and oxygen atoms in total. The molecule has 1 heterocycles. The van der Waals surface area contributed by atoms with E-state index in [0.717, 1.165) is 25.3 Å². The summed E-state index contributed by atoms with van der Waals surface area (Å²) in [6, 6.07) is 0.690. The molecule has 0 radical (unpaired) electrons. The van der Waals surface area contributed by atoms with Gasteiger partial charge in [0.05, 0.1) is 0 Å². The molecule has 0 aromatic heterocycles. The summed E-state index contributed by atoms with van der Waals surface area (Å²) in [5.41, 5.74) is -0.774. The van der Waals surface area contributed by atoms with Crippen molar-refractivity contribution in [2.45, 2.75) is 58.0 Å². The van der Waals surface area contributed by atoms with Crippen LogP contribution in [0.2, 0.25) is 0 Å². The standard InChI is InChI=1S/C14H28N2O2/c1-11-9-12(2)16(10-11)8-6-5-7-14(3,15-4)13(17)18/h11-12,15H,5-10H2,1-4H3,(H,17,18). The molecule has 0 aliphatic carbocycles. The molecule has 0 aromatic carbocycles. The van der Waals surface area contributed by atoms with E-state index in [-0.39, 0.29) is 0 Å². The van der Waals surface area contributed by atoms with Gasteiger partial charge < -0.3 is 15.3 Å². The molecule has 1 fully saturated rings. The number of likely N-dealkylation sites (tertiary alicyclic amines) is 1. The summed E-state index contributed by atoms with van der Waals surface area (Å²) in [6.45, 7) is 8.65. The molecule has 0 aromatic rings. The van der Waals surface area contributed by atoms with Crippen molar-refractivity contribution in [3.8, 4) is 0 Å². The van der Waals surface area contributed by atoms with E-state index >= 15 is 0 Å². The molecule has 0 bridgehead atoms. The summed E-state index contributed by atoms with van der Waals surface area (Å²) in [5.74, 6) is 0.0507. The number of carboxylic acids is 1. The molecule has 18 heavy (non-hydrogen) atoms. The van der Waals surface area contributed by atoms with Gasteiger partial charge in [-0.1, -0.05) is 6.92 Å². The van der Waals surface area contributed by atoms with Crippen molar-refractivity contribution in [2.24, 2.45) is 5.92 Å². The second kappa shape index (κ2) is 6.53. The molecule has 1 aliphatic rings. The van der Waals surface area contributed by atoms with Gasteiger partial charge in [0.15, 0.2) is 0 Å². The number of hydrogen-bond donors (Lipinski definition) is 2. The van der Waals surface area contributed by atoms with Gasteiger partial charge in [0.2, 0.25) is 0 Å². The van der Waals surface area contributed by atoms with E-state index in [4.69, 9.17) is 5.11 Å². The van der Waals surface area contributed by atoms with Gasteiger partial charge in [0, 0.05) is 12.6 Å². The fraction of sp³-hybridized carbons (Fsp3) is 0.929. The summed E-state index contributed by atoms with van der Waals surface area (Å²) in [7, 11) is 1.72. The van der Waals surface area contributed by atoms with E-state index < -0.39 is 11.5 Å². The Balaban J connectivity index is 2.24. The lowest BCUT2D eigenvalue weighted by molar-refractivity contribution is -0.144. The lowest BCUT2D eigenvalue weighted by atomic mass is 9.95. The molecule has 2 N–H and O–H groups in total. The van der Waals surface area contributed by atoms with Gasteiger partial charge in [-0.15, -0.1) is 0 Å². The molecule has 4 heteroatoms. The molecule has 1 rings (SSSR count). The van der Waals surface area contributed by atoms with Crippen molar-refractivity contribution >= 4 is 5.97 Å². The number of likely N-dealkylation sites (N-methyl/N-ethyl adjacent to an activating group) is 1. The molecule has 0 spiro atoms. The SMILES string of the molecule is CNC(C)(CCCCN1CC(C)CC1C)C(=O)O. The van der Waals surface area contributed by atoms with Crippen molar-refractivity contribution in [3.05, 3.63) is 0 Å². The first-order valence-corrected chi connectivity index (χ1v) is 7.05. The minimum absolute atomic E-state index is 0.690. The average Bonchev–Trinajstić information content (AvgIpc) is 2.63.